The highest BCUT2D eigenvalue weighted by molar-refractivity contribution is 4.80. The molecule has 0 aromatic carbocycles. The third-order valence-electron chi connectivity index (χ3n) is 0.354. The Morgan fingerprint density at radius 2 is 1.40 bits per heavy atom. The fourth-order valence-electron chi connectivity index (χ4n) is 0.140. The summed E-state index contributed by atoms with van der Waals surface area (Å²) in [6.45, 7) is 0. The monoisotopic (exact) mass is 166 g/mol. The molecule has 10 heavy (non-hydrogen) atoms. The molecule has 0 heterocycles. The Morgan fingerprint density at radius 3 is 1.50 bits per heavy atom. The Kier molecular flexibility index (Phi) is 2.56. The van der Waals surface area contributed by atoms with Crippen LogP contribution in [0.3, 0.4) is 0 Å². The molecule has 0 aliphatic rings. The third-order valence-corrected chi connectivity index (χ3v) is 0.354. The van der Waals surface area contributed by atoms with Crippen molar-refractivity contribution in [2.45, 2.75) is 6.36 Å². The van der Waals surface area contributed by atoms with Gasteiger partial charge in [0.1, 0.15) is 0 Å². The van der Waals surface area contributed by atoms with Gasteiger partial charge in [0.05, 0.1) is 0 Å². The SMILES string of the molecule is FC(F)=C(F)[O+]C(F)(F)F. The molecule has 0 amide bonds. The van der Waals surface area contributed by atoms with Gasteiger partial charge in [-0.15, -0.1) is 9.13 Å². The van der Waals surface area contributed by atoms with Gasteiger partial charge in [-0.25, -0.2) is 0 Å². The van der Waals surface area contributed by atoms with Crippen molar-refractivity contribution in [3.8, 4) is 0 Å². The van der Waals surface area contributed by atoms with E-state index in [1.54, 1.807) is 0 Å². The minimum absolute atomic E-state index is 2.16. The predicted octanol–water partition coefficient (Wildman–Crippen LogP) is 2.56. The number of hydrogen-bond acceptors (Lipinski definition) is 1. The maximum Gasteiger partial charge on any atom is 0.777 e. The zero-order chi connectivity index (χ0) is 8.36. The van der Waals surface area contributed by atoms with Gasteiger partial charge >= 0.3 is 18.5 Å². The molecular formula is C3F6O+. The Hall–Kier alpha value is -0.880. The second kappa shape index (κ2) is 2.80. The molecule has 0 saturated heterocycles. The molecule has 1 radical (unpaired) electrons. The number of halogens is 6. The van der Waals surface area contributed by atoms with E-state index in [-0.39, 0.29) is 0 Å². The molecule has 0 saturated carbocycles. The van der Waals surface area contributed by atoms with Crippen LogP contribution in [0, 0.1) is 0 Å². The van der Waals surface area contributed by atoms with Crippen LogP contribution in [-0.4, -0.2) is 6.36 Å². The lowest BCUT2D eigenvalue weighted by Crippen LogP contribution is -2.11. The van der Waals surface area contributed by atoms with E-state index in [1.807, 2.05) is 0 Å². The number of rotatable bonds is 1. The highest BCUT2D eigenvalue weighted by Crippen LogP contribution is 2.23. The van der Waals surface area contributed by atoms with Crippen LogP contribution in [-0.2, 0) is 4.74 Å². The van der Waals surface area contributed by atoms with E-state index in [4.69, 9.17) is 0 Å². The summed E-state index contributed by atoms with van der Waals surface area (Å²) in [5.41, 5.74) is 0. The molecule has 0 atom stereocenters. The van der Waals surface area contributed by atoms with Gasteiger partial charge < -0.3 is 0 Å². The molecule has 0 aliphatic carbocycles. The van der Waals surface area contributed by atoms with Crippen LogP contribution in [0.2, 0.25) is 0 Å². The summed E-state index contributed by atoms with van der Waals surface area (Å²) < 4.78 is 67.6. The normalized spacial score (nSPS) is 11.0. The van der Waals surface area contributed by atoms with Crippen LogP contribution in [0.4, 0.5) is 26.3 Å². The lowest BCUT2D eigenvalue weighted by Gasteiger charge is -1.86. The van der Waals surface area contributed by atoms with Crippen LogP contribution in [0.1, 0.15) is 0 Å². The predicted molar refractivity (Wildman–Crippen MR) is 17.5 cm³/mol. The summed E-state index contributed by atoms with van der Waals surface area (Å²) in [4.78, 5) is 0. The number of ether oxygens (including phenoxy) is 1. The van der Waals surface area contributed by atoms with Crippen molar-refractivity contribution in [3.05, 3.63) is 12.1 Å². The van der Waals surface area contributed by atoms with Gasteiger partial charge in [0.25, 0.3) is 0 Å². The van der Waals surface area contributed by atoms with E-state index in [1.165, 1.54) is 0 Å². The van der Waals surface area contributed by atoms with Gasteiger partial charge in [-0.2, -0.15) is 8.78 Å². The van der Waals surface area contributed by atoms with Crippen molar-refractivity contribution < 1.29 is 31.1 Å². The summed E-state index contributed by atoms with van der Waals surface area (Å²) in [6.07, 6.45) is -8.55. The van der Waals surface area contributed by atoms with Crippen LogP contribution < -0.4 is 0 Å². The number of alkyl halides is 3. The van der Waals surface area contributed by atoms with Crippen molar-refractivity contribution in [1.82, 2.24) is 0 Å². The smallest absolute Gasteiger partial charge is 0.160 e. The Morgan fingerprint density at radius 1 is 1.00 bits per heavy atom. The Balaban J connectivity index is 4.06. The second-order valence-corrected chi connectivity index (χ2v) is 1.08. The quantitative estimate of drug-likeness (QED) is 0.331. The van der Waals surface area contributed by atoms with Gasteiger partial charge in [0.2, 0.25) is 0 Å². The van der Waals surface area contributed by atoms with E-state index in [9.17, 15) is 26.3 Å². The summed E-state index contributed by atoms with van der Waals surface area (Å²) in [7, 11) is 0. The van der Waals surface area contributed by atoms with Crippen molar-refractivity contribution in [3.63, 3.8) is 0 Å². The summed E-state index contributed by atoms with van der Waals surface area (Å²) >= 11 is 0. The van der Waals surface area contributed by atoms with Gasteiger partial charge in [-0.1, -0.05) is 13.2 Å². The largest absolute Gasteiger partial charge is 0.777 e. The minimum atomic E-state index is -5.41. The fraction of sp³-hybridized carbons (Fsp3) is 0.333. The second-order valence-electron chi connectivity index (χ2n) is 1.08. The molecule has 0 aromatic heterocycles. The third kappa shape index (κ3) is 4.04. The first-order valence-electron chi connectivity index (χ1n) is 1.79. The van der Waals surface area contributed by atoms with Crippen LogP contribution in [0.15, 0.2) is 12.1 Å². The molecule has 0 aliphatic heterocycles. The molecule has 0 bridgehead atoms. The standard InChI is InChI=1S/C3F6O/c4-1(5)2(6)10-3(7,8)9/q+1. The van der Waals surface area contributed by atoms with Crippen molar-refractivity contribution in [1.29, 1.82) is 0 Å². The lowest BCUT2D eigenvalue weighted by molar-refractivity contribution is -0.315. The molecule has 0 unspecified atom stereocenters. The first-order valence-corrected chi connectivity index (χ1v) is 1.79. The van der Waals surface area contributed by atoms with Gasteiger partial charge in [-0.05, 0) is 0 Å². The van der Waals surface area contributed by atoms with E-state index < -0.39 is 18.5 Å². The average molecular weight is 166 g/mol. The van der Waals surface area contributed by atoms with Crippen molar-refractivity contribution in [2.75, 3.05) is 0 Å². The van der Waals surface area contributed by atoms with E-state index in [0.717, 1.165) is 0 Å². The van der Waals surface area contributed by atoms with E-state index >= 15 is 0 Å². The summed E-state index contributed by atoms with van der Waals surface area (Å²) in [5.74, 6) is 0. The van der Waals surface area contributed by atoms with Crippen LogP contribution in [0.25, 0.3) is 0 Å². The zero-order valence-electron chi connectivity index (χ0n) is 4.18. The number of hydrogen-bond donors (Lipinski definition) is 0. The van der Waals surface area contributed by atoms with E-state index in [0.29, 0.717) is 0 Å². The zero-order valence-corrected chi connectivity index (χ0v) is 4.18. The molecular weight excluding hydrogens is 166 g/mol. The van der Waals surface area contributed by atoms with Gasteiger partial charge in [0, 0.05) is 0 Å². The highest BCUT2D eigenvalue weighted by atomic mass is 19.4. The maximum absolute atomic E-state index is 11.2. The van der Waals surface area contributed by atoms with Crippen molar-refractivity contribution in [2.24, 2.45) is 0 Å². The van der Waals surface area contributed by atoms with Gasteiger partial charge in [0.15, 0.2) is 0 Å². The Bertz CT molecular complexity index is 142. The molecule has 0 rings (SSSR count). The topological polar surface area (TPSA) is 11.3 Å². The summed E-state index contributed by atoms with van der Waals surface area (Å²) in [5, 5.41) is 0. The van der Waals surface area contributed by atoms with Gasteiger partial charge in [-0.3, -0.25) is 0 Å². The average Bonchev–Trinajstić information content (AvgIpc) is 1.60. The van der Waals surface area contributed by atoms with Crippen LogP contribution in [0.5, 0.6) is 0 Å². The Labute approximate surface area is 50.9 Å². The van der Waals surface area contributed by atoms with E-state index in [2.05, 4.69) is 4.74 Å². The molecule has 59 valence electrons. The lowest BCUT2D eigenvalue weighted by atomic mass is 11.0. The molecule has 1 nitrogen and oxygen atoms in total. The van der Waals surface area contributed by atoms with Crippen LogP contribution >= 0.6 is 0 Å². The molecule has 0 N–H and O–H groups in total. The fourth-order valence-corrected chi connectivity index (χ4v) is 0.140. The summed E-state index contributed by atoms with van der Waals surface area (Å²) in [6, 6.07) is -2.92. The molecule has 0 spiro atoms. The molecule has 0 fully saturated rings. The first-order chi connectivity index (χ1) is 4.33. The minimum Gasteiger partial charge on any atom is -0.160 e. The van der Waals surface area contributed by atoms with Crippen molar-refractivity contribution >= 4 is 0 Å². The first kappa shape index (κ1) is 9.12. The highest BCUT2D eigenvalue weighted by Gasteiger charge is 2.51. The maximum atomic E-state index is 11.2. The molecule has 0 aromatic rings. The molecule has 7 heteroatoms.